The molecular formula is C100H56N16S4. The van der Waals surface area contributed by atoms with Crippen molar-refractivity contribution in [1.82, 2.24) is 78.1 Å². The van der Waals surface area contributed by atoms with Crippen molar-refractivity contribution >= 4 is 256 Å². The summed E-state index contributed by atoms with van der Waals surface area (Å²) in [6.07, 6.45) is 12.5. The first-order valence-corrected chi connectivity index (χ1v) is 42.4. The monoisotopic (exact) mass is 1610 g/mol. The Balaban J connectivity index is 0.0000000886. The van der Waals surface area contributed by atoms with E-state index in [0.717, 1.165) is 44.1 Å². The number of thiophene rings is 4. The van der Waals surface area contributed by atoms with E-state index in [1.165, 1.54) is 167 Å². The van der Waals surface area contributed by atoms with E-state index in [9.17, 15) is 0 Å². The summed E-state index contributed by atoms with van der Waals surface area (Å²) in [5.41, 5.74) is 9.02. The zero-order chi connectivity index (χ0) is 78.6. The second-order valence-electron chi connectivity index (χ2n) is 29.6. The van der Waals surface area contributed by atoms with Crippen LogP contribution in [0.15, 0.2) is 342 Å². The lowest BCUT2D eigenvalue weighted by Crippen LogP contribution is -2.01. The van der Waals surface area contributed by atoms with Crippen LogP contribution in [-0.4, -0.2) is 78.1 Å². The topological polar surface area (TPSA) is 174 Å². The maximum Gasteiger partial charge on any atom is 0.237 e. The highest BCUT2D eigenvalue weighted by Crippen LogP contribution is 2.52. The van der Waals surface area contributed by atoms with Gasteiger partial charge in [0.15, 0.2) is 0 Å². The van der Waals surface area contributed by atoms with Crippen molar-refractivity contribution in [2.45, 2.75) is 0 Å². The standard InChI is InChI=1S/4C25H14N4S/c1-2-8-16-15(7-1)21-18-10-4-6-12-20(18)30-24(21)22-17-9-3-5-11-19(17)29(23(16)22)25-27-13-26-14-28-25;1-2-8-16-15(7-1)21-17-9-3-5-11-19(17)29(25-27-13-26-14-28-25)23(21)24-22(16)18-10-4-6-12-20(18)30-24;1-2-6-16-10-21-18(9-15(16)5-1)19-12-24-20(17-7-3-4-8-23(17)30-24)11-22(19)29(21)25-27-13-26-14-28-25;1-2-6-16-15(5-1)9-12-20-22(16)19-11-10-18-17-7-3-4-8-21(17)30-24(18)23(19)29(20)25-27-13-26-14-28-25/h4*1-14H. The van der Waals surface area contributed by atoms with Gasteiger partial charge in [0.2, 0.25) is 23.8 Å². The Bertz CT molecular complexity index is 9040. The van der Waals surface area contributed by atoms with Crippen molar-refractivity contribution in [3.8, 4) is 23.8 Å². The minimum Gasteiger partial charge on any atom is -0.278 e. The third-order valence-corrected chi connectivity index (χ3v) is 28.0. The van der Waals surface area contributed by atoms with Gasteiger partial charge in [-0.3, -0.25) is 18.3 Å². The molecule has 28 rings (SSSR count). The summed E-state index contributed by atoms with van der Waals surface area (Å²) in [5, 5.41) is 30.1. The Labute approximate surface area is 694 Å². The summed E-state index contributed by atoms with van der Waals surface area (Å²) in [5.74, 6) is 2.57. The fraction of sp³-hybridized carbons (Fsp3) is 0. The second kappa shape index (κ2) is 27.1. The molecule has 0 unspecified atom stereocenters. The molecule has 16 aromatic carbocycles. The summed E-state index contributed by atoms with van der Waals surface area (Å²) in [7, 11) is 0. The Hall–Kier alpha value is -15.3. The third kappa shape index (κ3) is 10.3. The Kier molecular flexibility index (Phi) is 15.4. The molecule has 0 aliphatic rings. The molecule has 0 fully saturated rings. The van der Waals surface area contributed by atoms with Crippen LogP contribution in [0.5, 0.6) is 0 Å². The highest BCUT2D eigenvalue weighted by molar-refractivity contribution is 7.28. The van der Waals surface area contributed by atoms with Crippen molar-refractivity contribution in [3.05, 3.63) is 342 Å². The van der Waals surface area contributed by atoms with E-state index < -0.39 is 0 Å². The third-order valence-electron chi connectivity index (χ3n) is 23.3. The summed E-state index contributed by atoms with van der Waals surface area (Å²) in [4.78, 5) is 52.1. The Morgan fingerprint density at radius 3 is 1.17 bits per heavy atom. The number of para-hydroxylation sites is 2. The van der Waals surface area contributed by atoms with Gasteiger partial charge < -0.3 is 0 Å². The molecule has 0 N–H and O–H groups in total. The number of rotatable bonds is 4. The smallest absolute Gasteiger partial charge is 0.237 e. The van der Waals surface area contributed by atoms with Gasteiger partial charge in [-0.1, -0.05) is 224 Å². The molecule has 28 aromatic rings. The largest absolute Gasteiger partial charge is 0.278 e. The van der Waals surface area contributed by atoms with Gasteiger partial charge in [0.05, 0.1) is 53.5 Å². The van der Waals surface area contributed by atoms with Crippen LogP contribution in [0.4, 0.5) is 0 Å². The molecule has 0 amide bonds. The zero-order valence-corrected chi connectivity index (χ0v) is 66.4. The quantitative estimate of drug-likeness (QED) is 0.163. The molecule has 0 atom stereocenters. The lowest BCUT2D eigenvalue weighted by atomic mass is 9.99. The molecule has 0 radical (unpaired) electrons. The lowest BCUT2D eigenvalue weighted by molar-refractivity contribution is 0.940. The molecule has 12 heterocycles. The molecule has 0 saturated carbocycles. The van der Waals surface area contributed by atoms with Crippen molar-refractivity contribution < 1.29 is 0 Å². The summed E-state index contributed by atoms with van der Waals surface area (Å²) in [6, 6.07) is 104. The first-order chi connectivity index (χ1) is 59.6. The molecule has 0 saturated heterocycles. The summed E-state index contributed by atoms with van der Waals surface area (Å²) >= 11 is 7.37. The van der Waals surface area contributed by atoms with E-state index in [4.69, 9.17) is 0 Å². The minimum atomic E-state index is 0.638. The Morgan fingerprint density at radius 1 is 0.175 bits per heavy atom. The number of nitrogens with zero attached hydrogens (tertiary/aromatic N) is 16. The normalized spacial score (nSPS) is 12.0. The van der Waals surface area contributed by atoms with Crippen LogP contribution in [0.2, 0.25) is 0 Å². The molecular weight excluding hydrogens is 1550 g/mol. The zero-order valence-electron chi connectivity index (χ0n) is 63.1. The van der Waals surface area contributed by atoms with Crippen LogP contribution < -0.4 is 0 Å². The lowest BCUT2D eigenvalue weighted by Gasteiger charge is -2.08. The predicted molar refractivity (Wildman–Crippen MR) is 498 cm³/mol. The van der Waals surface area contributed by atoms with Crippen molar-refractivity contribution in [2.24, 2.45) is 0 Å². The van der Waals surface area contributed by atoms with Gasteiger partial charge in [-0.2, -0.15) is 0 Å². The molecule has 20 heteroatoms. The molecule has 12 aromatic heterocycles. The van der Waals surface area contributed by atoms with Crippen molar-refractivity contribution in [2.75, 3.05) is 0 Å². The summed E-state index contributed by atoms with van der Waals surface area (Å²) in [6.45, 7) is 0. The highest BCUT2D eigenvalue weighted by atomic mass is 32.1. The van der Waals surface area contributed by atoms with Crippen LogP contribution >= 0.6 is 45.3 Å². The SMILES string of the molecule is c1ccc2c(c1)ccc1c2c2ccc3c4ccccc4sc3c2n1-c1ncncn1.c1ccc2c(c1)sc1c2c2ccccc2c2c1c1ccccc1n2-c1ncncn1.c1ccc2c(c1)sc1c2c2ccccc2c2c3ccccc3n(-c3ncncn3)c12.c1ccc2cc3c(cc2c1)c1cc2sc4ccccc4c2cc1n3-c1ncncn1. The van der Waals surface area contributed by atoms with Gasteiger partial charge in [0, 0.05) is 120 Å². The van der Waals surface area contributed by atoms with E-state index in [2.05, 4.69) is 369 Å². The van der Waals surface area contributed by atoms with E-state index >= 15 is 0 Å². The average molecular weight is 1610 g/mol. The minimum absolute atomic E-state index is 0.638. The number of hydrogen-bond acceptors (Lipinski definition) is 16. The summed E-state index contributed by atoms with van der Waals surface area (Å²) < 4.78 is 19.0. The fourth-order valence-electron chi connectivity index (χ4n) is 18.4. The van der Waals surface area contributed by atoms with Gasteiger partial charge in [-0.25, -0.2) is 59.8 Å². The van der Waals surface area contributed by atoms with E-state index in [1.54, 1.807) is 50.6 Å². The second-order valence-corrected chi connectivity index (χ2v) is 33.8. The van der Waals surface area contributed by atoms with Crippen LogP contribution in [0.1, 0.15) is 0 Å². The van der Waals surface area contributed by atoms with Crippen LogP contribution in [0.3, 0.4) is 0 Å². The Morgan fingerprint density at radius 2 is 0.567 bits per heavy atom. The predicted octanol–water partition coefficient (Wildman–Crippen LogP) is 26.0. The molecule has 0 spiro atoms. The number of benzene rings is 16. The average Bonchev–Trinajstić information content (AvgIpc) is 1.60. The molecule has 0 bridgehead atoms. The fourth-order valence-corrected chi connectivity index (χ4v) is 23.4. The van der Waals surface area contributed by atoms with Gasteiger partial charge >= 0.3 is 0 Å². The molecule has 0 aliphatic carbocycles. The number of aromatic nitrogens is 16. The highest BCUT2D eigenvalue weighted by Gasteiger charge is 2.27. The first kappa shape index (κ1) is 68.0. The van der Waals surface area contributed by atoms with Crippen molar-refractivity contribution in [3.63, 3.8) is 0 Å². The van der Waals surface area contributed by atoms with Crippen LogP contribution in [0.25, 0.3) is 235 Å². The first-order valence-electron chi connectivity index (χ1n) is 39.1. The molecule has 16 nitrogen and oxygen atoms in total. The van der Waals surface area contributed by atoms with E-state index in [-0.39, 0.29) is 0 Å². The number of hydrogen-bond donors (Lipinski definition) is 0. The van der Waals surface area contributed by atoms with Crippen LogP contribution in [0, 0.1) is 0 Å². The van der Waals surface area contributed by atoms with Gasteiger partial charge in [0.25, 0.3) is 0 Å². The van der Waals surface area contributed by atoms with Gasteiger partial charge in [0.1, 0.15) is 50.6 Å². The molecule has 0 aliphatic heterocycles. The van der Waals surface area contributed by atoms with E-state index in [1.807, 2.05) is 45.3 Å². The maximum atomic E-state index is 4.51. The van der Waals surface area contributed by atoms with Crippen molar-refractivity contribution in [1.29, 1.82) is 0 Å². The van der Waals surface area contributed by atoms with Gasteiger partial charge in [-0.15, -0.1) is 45.3 Å². The molecule has 560 valence electrons. The van der Waals surface area contributed by atoms with Crippen LogP contribution in [-0.2, 0) is 0 Å². The number of fused-ring (bicyclic) bond motifs is 36. The van der Waals surface area contributed by atoms with Gasteiger partial charge in [-0.05, 0) is 104 Å². The van der Waals surface area contributed by atoms with E-state index in [0.29, 0.717) is 23.8 Å². The molecule has 120 heavy (non-hydrogen) atoms. The maximum absolute atomic E-state index is 4.51.